The summed E-state index contributed by atoms with van der Waals surface area (Å²) < 4.78 is 0. The Morgan fingerprint density at radius 3 is 2.65 bits per heavy atom. The Labute approximate surface area is 109 Å². The van der Waals surface area contributed by atoms with E-state index in [-0.39, 0.29) is 12.4 Å². The molecule has 2 heterocycles. The Balaban J connectivity index is 0.00000144. The summed E-state index contributed by atoms with van der Waals surface area (Å²) in [6, 6.07) is 0.482. The number of nitrogens with one attached hydrogen (secondary N) is 2. The molecule has 0 spiro atoms. The zero-order valence-electron chi connectivity index (χ0n) is 10.4. The molecule has 1 aliphatic heterocycles. The minimum absolute atomic E-state index is 0. The summed E-state index contributed by atoms with van der Waals surface area (Å²) in [5, 5.41) is 6.65. The van der Waals surface area contributed by atoms with E-state index in [1.807, 2.05) is 12.4 Å². The zero-order chi connectivity index (χ0) is 11.4. The molecule has 17 heavy (non-hydrogen) atoms. The lowest BCUT2D eigenvalue weighted by molar-refractivity contribution is 0.643. The van der Waals surface area contributed by atoms with Crippen LogP contribution >= 0.6 is 12.4 Å². The van der Waals surface area contributed by atoms with Gasteiger partial charge in [-0.05, 0) is 30.9 Å². The minimum atomic E-state index is 0. The molecule has 4 nitrogen and oxygen atoms in total. The second-order valence-electron chi connectivity index (χ2n) is 4.85. The largest absolute Gasteiger partial charge is 0.350 e. The summed E-state index contributed by atoms with van der Waals surface area (Å²) >= 11 is 0. The molecule has 1 atom stereocenters. The second-order valence-corrected chi connectivity index (χ2v) is 4.85. The minimum Gasteiger partial charge on any atom is -0.350 e. The van der Waals surface area contributed by atoms with Gasteiger partial charge < -0.3 is 10.6 Å². The average molecular weight is 257 g/mol. The molecule has 1 fully saturated rings. The molecule has 0 unspecified atom stereocenters. The van der Waals surface area contributed by atoms with Crippen LogP contribution in [0.2, 0.25) is 0 Å². The van der Waals surface area contributed by atoms with Crippen LogP contribution in [0.25, 0.3) is 0 Å². The lowest BCUT2D eigenvalue weighted by Crippen LogP contribution is -2.23. The molecule has 0 bridgehead atoms. The Bertz CT molecular complexity index is 320. The highest BCUT2D eigenvalue weighted by molar-refractivity contribution is 5.85. The number of hydrogen-bond acceptors (Lipinski definition) is 4. The fourth-order valence-electron chi connectivity index (χ4n) is 1.97. The molecule has 0 aliphatic carbocycles. The molecule has 1 aromatic rings. The molecular weight excluding hydrogens is 236 g/mol. The van der Waals surface area contributed by atoms with Gasteiger partial charge in [0.15, 0.2) is 0 Å². The van der Waals surface area contributed by atoms with Crippen LogP contribution < -0.4 is 10.6 Å². The fraction of sp³-hybridized carbons (Fsp3) is 0.667. The molecule has 0 aromatic carbocycles. The quantitative estimate of drug-likeness (QED) is 0.864. The van der Waals surface area contributed by atoms with Crippen LogP contribution in [0.4, 0.5) is 5.95 Å². The standard InChI is InChI=1S/C12H20N4.ClH/c1-9(2)5-10-6-14-12(15-7-10)16-11-3-4-13-8-11;/h6-7,9,11,13H,3-5,8H2,1-2H3,(H,14,15,16);1H/t11-;/m1./s1. The van der Waals surface area contributed by atoms with E-state index in [0.29, 0.717) is 12.0 Å². The van der Waals surface area contributed by atoms with E-state index in [1.54, 1.807) is 0 Å². The lowest BCUT2D eigenvalue weighted by Gasteiger charge is -2.11. The average Bonchev–Trinajstić information content (AvgIpc) is 2.73. The monoisotopic (exact) mass is 256 g/mol. The first-order chi connectivity index (χ1) is 7.74. The highest BCUT2D eigenvalue weighted by Gasteiger charge is 2.14. The van der Waals surface area contributed by atoms with Gasteiger partial charge in [-0.1, -0.05) is 13.8 Å². The number of rotatable bonds is 4. The van der Waals surface area contributed by atoms with Crippen LogP contribution in [0, 0.1) is 5.92 Å². The molecule has 1 aromatic heterocycles. The molecule has 2 N–H and O–H groups in total. The number of aromatic nitrogens is 2. The van der Waals surface area contributed by atoms with E-state index in [4.69, 9.17) is 0 Å². The molecule has 0 radical (unpaired) electrons. The maximum atomic E-state index is 4.35. The van der Waals surface area contributed by atoms with E-state index in [2.05, 4.69) is 34.4 Å². The SMILES string of the molecule is CC(C)Cc1cnc(N[C@@H]2CCNC2)nc1.Cl. The molecular formula is C12H21ClN4. The third-order valence-electron chi connectivity index (χ3n) is 2.74. The first-order valence-corrected chi connectivity index (χ1v) is 6.02. The second kappa shape index (κ2) is 6.77. The molecule has 1 aliphatic rings. The first kappa shape index (κ1) is 14.2. The number of hydrogen-bond donors (Lipinski definition) is 2. The Morgan fingerprint density at radius 2 is 2.12 bits per heavy atom. The first-order valence-electron chi connectivity index (χ1n) is 6.02. The zero-order valence-corrected chi connectivity index (χ0v) is 11.3. The fourth-order valence-corrected chi connectivity index (χ4v) is 1.97. The molecule has 2 rings (SSSR count). The van der Waals surface area contributed by atoms with Crippen molar-refractivity contribution in [3.05, 3.63) is 18.0 Å². The van der Waals surface area contributed by atoms with Crippen LogP contribution in [-0.4, -0.2) is 29.1 Å². The predicted molar refractivity (Wildman–Crippen MR) is 72.7 cm³/mol. The van der Waals surface area contributed by atoms with Gasteiger partial charge in [-0.3, -0.25) is 0 Å². The Hall–Kier alpha value is -0.870. The van der Waals surface area contributed by atoms with E-state index >= 15 is 0 Å². The van der Waals surface area contributed by atoms with Crippen molar-refractivity contribution in [3.63, 3.8) is 0 Å². The van der Waals surface area contributed by atoms with Gasteiger partial charge in [-0.2, -0.15) is 0 Å². The molecule has 96 valence electrons. The van der Waals surface area contributed by atoms with E-state index in [0.717, 1.165) is 31.9 Å². The van der Waals surface area contributed by atoms with Crippen LogP contribution in [-0.2, 0) is 6.42 Å². The summed E-state index contributed by atoms with van der Waals surface area (Å²) in [5.74, 6) is 1.41. The Kier molecular flexibility index (Phi) is 5.65. The maximum absolute atomic E-state index is 4.35. The van der Waals surface area contributed by atoms with Crippen molar-refractivity contribution in [2.45, 2.75) is 32.7 Å². The van der Waals surface area contributed by atoms with Crippen molar-refractivity contribution in [2.24, 2.45) is 5.92 Å². The van der Waals surface area contributed by atoms with Crippen LogP contribution in [0.15, 0.2) is 12.4 Å². The van der Waals surface area contributed by atoms with Gasteiger partial charge in [0, 0.05) is 25.0 Å². The van der Waals surface area contributed by atoms with Gasteiger partial charge in [0.25, 0.3) is 0 Å². The van der Waals surface area contributed by atoms with Crippen LogP contribution in [0.3, 0.4) is 0 Å². The van der Waals surface area contributed by atoms with Crippen molar-refractivity contribution >= 4 is 18.4 Å². The van der Waals surface area contributed by atoms with E-state index in [1.165, 1.54) is 5.56 Å². The summed E-state index contributed by atoms with van der Waals surface area (Å²) in [6.07, 6.45) is 6.05. The highest BCUT2D eigenvalue weighted by Crippen LogP contribution is 2.09. The summed E-state index contributed by atoms with van der Waals surface area (Å²) in [4.78, 5) is 8.69. The number of halogens is 1. The van der Waals surface area contributed by atoms with Gasteiger partial charge in [-0.25, -0.2) is 9.97 Å². The smallest absolute Gasteiger partial charge is 0.222 e. The topological polar surface area (TPSA) is 49.8 Å². The Morgan fingerprint density at radius 1 is 1.41 bits per heavy atom. The number of anilines is 1. The number of nitrogens with zero attached hydrogens (tertiary/aromatic N) is 2. The van der Waals surface area contributed by atoms with Gasteiger partial charge in [0.2, 0.25) is 5.95 Å². The summed E-state index contributed by atoms with van der Waals surface area (Å²) in [5.41, 5.74) is 1.21. The van der Waals surface area contributed by atoms with Crippen molar-refractivity contribution in [2.75, 3.05) is 18.4 Å². The van der Waals surface area contributed by atoms with Gasteiger partial charge in [-0.15, -0.1) is 12.4 Å². The lowest BCUT2D eigenvalue weighted by atomic mass is 10.1. The summed E-state index contributed by atoms with van der Waals surface area (Å²) in [7, 11) is 0. The predicted octanol–water partition coefficient (Wildman–Crippen LogP) is 1.87. The maximum Gasteiger partial charge on any atom is 0.222 e. The van der Waals surface area contributed by atoms with Crippen molar-refractivity contribution in [3.8, 4) is 0 Å². The van der Waals surface area contributed by atoms with Crippen LogP contribution in [0.5, 0.6) is 0 Å². The van der Waals surface area contributed by atoms with Gasteiger partial charge in [0.05, 0.1) is 0 Å². The molecule has 0 amide bonds. The van der Waals surface area contributed by atoms with Crippen LogP contribution in [0.1, 0.15) is 25.8 Å². The van der Waals surface area contributed by atoms with E-state index < -0.39 is 0 Å². The molecule has 5 heteroatoms. The normalized spacial score (nSPS) is 19.1. The van der Waals surface area contributed by atoms with Crippen molar-refractivity contribution < 1.29 is 0 Å². The molecule has 1 saturated heterocycles. The van der Waals surface area contributed by atoms with Gasteiger partial charge in [0.1, 0.15) is 0 Å². The third-order valence-corrected chi connectivity index (χ3v) is 2.74. The van der Waals surface area contributed by atoms with Crippen molar-refractivity contribution in [1.29, 1.82) is 0 Å². The van der Waals surface area contributed by atoms with Crippen molar-refractivity contribution in [1.82, 2.24) is 15.3 Å². The van der Waals surface area contributed by atoms with E-state index in [9.17, 15) is 0 Å². The van der Waals surface area contributed by atoms with Gasteiger partial charge >= 0.3 is 0 Å². The third kappa shape index (κ3) is 4.48. The summed E-state index contributed by atoms with van der Waals surface area (Å²) in [6.45, 7) is 6.51. The highest BCUT2D eigenvalue weighted by atomic mass is 35.5. The molecule has 0 saturated carbocycles.